The predicted molar refractivity (Wildman–Crippen MR) is 68.0 cm³/mol. The number of hydrogen-bond acceptors (Lipinski definition) is 5. The minimum absolute atomic E-state index is 0.0585. The lowest BCUT2D eigenvalue weighted by Crippen LogP contribution is -2.05. The quantitative estimate of drug-likeness (QED) is 0.856. The van der Waals surface area contributed by atoms with Crippen LogP contribution < -0.4 is 5.73 Å². The van der Waals surface area contributed by atoms with E-state index in [0.717, 1.165) is 0 Å². The van der Waals surface area contributed by atoms with Crippen LogP contribution in [0.15, 0.2) is 12.7 Å². The highest BCUT2D eigenvalue weighted by atomic mass is 19.3. The van der Waals surface area contributed by atoms with Crippen molar-refractivity contribution < 1.29 is 13.9 Å². The zero-order valence-corrected chi connectivity index (χ0v) is 10.7. The van der Waals surface area contributed by atoms with Gasteiger partial charge in [0.2, 0.25) is 0 Å². The minimum atomic E-state index is -2.68. The molecule has 1 aliphatic rings. The second kappa shape index (κ2) is 4.62. The molecule has 8 heteroatoms. The molecule has 2 atom stereocenters. The third-order valence-electron chi connectivity index (χ3n) is 3.86. The molecule has 0 amide bonds. The summed E-state index contributed by atoms with van der Waals surface area (Å²) in [7, 11) is 0. The van der Waals surface area contributed by atoms with Gasteiger partial charge in [0.15, 0.2) is 11.5 Å². The zero-order chi connectivity index (χ0) is 14.3. The van der Waals surface area contributed by atoms with Crippen LogP contribution in [0.4, 0.5) is 14.6 Å². The SMILES string of the molecule is Nc1ncnc2c1ncn2C[C@H]1[C@H](CCCO)C1(F)F. The van der Waals surface area contributed by atoms with Crippen molar-refractivity contribution in [3.05, 3.63) is 12.7 Å². The van der Waals surface area contributed by atoms with E-state index in [2.05, 4.69) is 15.0 Å². The molecule has 0 unspecified atom stereocenters. The van der Waals surface area contributed by atoms with Crippen molar-refractivity contribution in [2.24, 2.45) is 11.8 Å². The van der Waals surface area contributed by atoms with E-state index in [1.807, 2.05) is 0 Å². The number of anilines is 1. The molecule has 0 radical (unpaired) electrons. The van der Waals surface area contributed by atoms with E-state index in [1.54, 1.807) is 4.57 Å². The van der Waals surface area contributed by atoms with Crippen molar-refractivity contribution in [3.8, 4) is 0 Å². The molecule has 20 heavy (non-hydrogen) atoms. The van der Waals surface area contributed by atoms with Crippen LogP contribution in [0.2, 0.25) is 0 Å². The largest absolute Gasteiger partial charge is 0.396 e. The molecule has 2 aromatic heterocycles. The Morgan fingerprint density at radius 2 is 2.10 bits per heavy atom. The van der Waals surface area contributed by atoms with Crippen LogP contribution >= 0.6 is 0 Å². The van der Waals surface area contributed by atoms with Gasteiger partial charge in [0.25, 0.3) is 5.92 Å². The van der Waals surface area contributed by atoms with Gasteiger partial charge >= 0.3 is 0 Å². The standard InChI is InChI=1S/C12H15F2N5O/c13-12(14)7(2-1-3-20)8(12)4-19-6-18-9-10(15)16-5-17-11(9)19/h5-8,20H,1-4H2,(H2,15,16,17)/t7-,8-/m0/s1. The Balaban J connectivity index is 1.79. The van der Waals surface area contributed by atoms with Gasteiger partial charge in [-0.3, -0.25) is 0 Å². The van der Waals surface area contributed by atoms with Crippen LogP contribution in [0.1, 0.15) is 12.8 Å². The van der Waals surface area contributed by atoms with Crippen LogP contribution in [-0.2, 0) is 6.54 Å². The van der Waals surface area contributed by atoms with E-state index in [9.17, 15) is 8.78 Å². The summed E-state index contributed by atoms with van der Waals surface area (Å²) in [6, 6.07) is 0. The zero-order valence-electron chi connectivity index (χ0n) is 10.7. The van der Waals surface area contributed by atoms with Crippen molar-refractivity contribution in [3.63, 3.8) is 0 Å². The molecule has 0 bridgehead atoms. The van der Waals surface area contributed by atoms with Crippen molar-refractivity contribution in [2.75, 3.05) is 12.3 Å². The molecule has 0 spiro atoms. The number of hydrogen-bond donors (Lipinski definition) is 2. The first kappa shape index (κ1) is 13.2. The second-order valence-corrected chi connectivity index (χ2v) is 5.08. The van der Waals surface area contributed by atoms with Gasteiger partial charge in [0.05, 0.1) is 6.33 Å². The first-order valence-electron chi connectivity index (χ1n) is 6.45. The van der Waals surface area contributed by atoms with Gasteiger partial charge in [-0.1, -0.05) is 0 Å². The fourth-order valence-corrected chi connectivity index (χ4v) is 2.66. The van der Waals surface area contributed by atoms with E-state index in [4.69, 9.17) is 10.8 Å². The minimum Gasteiger partial charge on any atom is -0.396 e. The molecule has 1 fully saturated rings. The number of nitrogen functional groups attached to an aromatic ring is 1. The van der Waals surface area contributed by atoms with Gasteiger partial charge in [-0.15, -0.1) is 0 Å². The summed E-state index contributed by atoms with van der Waals surface area (Å²) >= 11 is 0. The van der Waals surface area contributed by atoms with Gasteiger partial charge in [0.1, 0.15) is 11.8 Å². The number of halogens is 2. The molecule has 3 rings (SSSR count). The summed E-state index contributed by atoms with van der Waals surface area (Å²) in [4.78, 5) is 11.9. The maximum Gasteiger partial charge on any atom is 0.256 e. The summed E-state index contributed by atoms with van der Waals surface area (Å²) in [6.45, 7) is 0.0904. The Hall–Kier alpha value is -1.83. The fraction of sp³-hybridized carbons (Fsp3) is 0.583. The fourth-order valence-electron chi connectivity index (χ4n) is 2.66. The van der Waals surface area contributed by atoms with Gasteiger partial charge in [-0.25, -0.2) is 23.7 Å². The Labute approximate surface area is 113 Å². The number of nitrogens with zero attached hydrogens (tertiary/aromatic N) is 4. The summed E-state index contributed by atoms with van der Waals surface area (Å²) in [5.74, 6) is -3.84. The maximum atomic E-state index is 13.7. The predicted octanol–water partition coefficient (Wildman–Crippen LogP) is 1.06. The summed E-state index contributed by atoms with van der Waals surface area (Å²) in [5, 5.41) is 8.74. The monoisotopic (exact) mass is 283 g/mol. The molecule has 108 valence electrons. The summed E-state index contributed by atoms with van der Waals surface area (Å²) in [5.41, 5.74) is 6.57. The molecular weight excluding hydrogens is 268 g/mol. The molecule has 0 saturated heterocycles. The highest BCUT2D eigenvalue weighted by molar-refractivity contribution is 5.81. The Kier molecular flexibility index (Phi) is 3.04. The average molecular weight is 283 g/mol. The first-order valence-corrected chi connectivity index (χ1v) is 6.45. The lowest BCUT2D eigenvalue weighted by atomic mass is 10.2. The summed E-state index contributed by atoms with van der Waals surface area (Å²) in [6.07, 6.45) is 3.49. The maximum absolute atomic E-state index is 13.7. The van der Waals surface area contributed by atoms with Crippen molar-refractivity contribution in [1.29, 1.82) is 0 Å². The molecule has 0 aliphatic heterocycles. The average Bonchev–Trinajstić information content (AvgIpc) is 2.74. The van der Waals surface area contributed by atoms with Gasteiger partial charge in [-0.2, -0.15) is 0 Å². The van der Waals surface area contributed by atoms with Gasteiger partial charge in [-0.05, 0) is 12.8 Å². The molecule has 3 N–H and O–H groups in total. The molecule has 0 aromatic carbocycles. The number of fused-ring (bicyclic) bond motifs is 1. The number of rotatable bonds is 5. The second-order valence-electron chi connectivity index (χ2n) is 5.08. The van der Waals surface area contributed by atoms with Gasteiger partial charge in [0, 0.05) is 25.0 Å². The number of imidazole rings is 1. The van der Waals surface area contributed by atoms with Crippen LogP contribution in [-0.4, -0.2) is 37.2 Å². The van der Waals surface area contributed by atoms with Gasteiger partial charge < -0.3 is 15.4 Å². The van der Waals surface area contributed by atoms with E-state index in [0.29, 0.717) is 24.0 Å². The van der Waals surface area contributed by atoms with Crippen LogP contribution in [0.5, 0.6) is 0 Å². The molecular formula is C12H15F2N5O. The third-order valence-corrected chi connectivity index (χ3v) is 3.86. The lowest BCUT2D eigenvalue weighted by Gasteiger charge is -2.02. The Morgan fingerprint density at radius 3 is 2.85 bits per heavy atom. The number of alkyl halides is 2. The molecule has 1 saturated carbocycles. The molecule has 1 aliphatic carbocycles. The number of aliphatic hydroxyl groups excluding tert-OH is 1. The Morgan fingerprint density at radius 1 is 1.30 bits per heavy atom. The first-order chi connectivity index (χ1) is 9.55. The number of aliphatic hydroxyl groups is 1. The lowest BCUT2D eigenvalue weighted by molar-refractivity contribution is 0.0791. The highest BCUT2D eigenvalue weighted by Gasteiger charge is 2.67. The molecule has 2 aromatic rings. The van der Waals surface area contributed by atoms with Crippen molar-refractivity contribution >= 4 is 17.0 Å². The van der Waals surface area contributed by atoms with Crippen LogP contribution in [0.3, 0.4) is 0 Å². The third kappa shape index (κ3) is 2.00. The number of nitrogens with two attached hydrogens (primary N) is 1. The molecule has 6 nitrogen and oxygen atoms in total. The summed E-state index contributed by atoms with van der Waals surface area (Å²) < 4.78 is 29.0. The highest BCUT2D eigenvalue weighted by Crippen LogP contribution is 2.58. The molecule has 2 heterocycles. The van der Waals surface area contributed by atoms with Crippen molar-refractivity contribution in [1.82, 2.24) is 19.5 Å². The topological polar surface area (TPSA) is 89.9 Å². The van der Waals surface area contributed by atoms with Crippen molar-refractivity contribution in [2.45, 2.75) is 25.3 Å². The van der Waals surface area contributed by atoms with Crippen LogP contribution in [0, 0.1) is 11.8 Å². The smallest absolute Gasteiger partial charge is 0.256 e. The van der Waals surface area contributed by atoms with E-state index >= 15 is 0 Å². The number of aromatic nitrogens is 4. The van der Waals surface area contributed by atoms with E-state index in [-0.39, 0.29) is 19.0 Å². The van der Waals surface area contributed by atoms with E-state index < -0.39 is 17.8 Å². The van der Waals surface area contributed by atoms with Crippen LogP contribution in [0.25, 0.3) is 11.2 Å². The van der Waals surface area contributed by atoms with E-state index in [1.165, 1.54) is 12.7 Å². The Bertz CT molecular complexity index is 629. The normalized spacial score (nSPS) is 24.1.